The van der Waals surface area contributed by atoms with Gasteiger partial charge in [0.25, 0.3) is 0 Å². The predicted molar refractivity (Wildman–Crippen MR) is 117 cm³/mol. The van der Waals surface area contributed by atoms with E-state index in [9.17, 15) is 9.18 Å². The quantitative estimate of drug-likeness (QED) is 0.365. The number of carbonyl (C=O) groups is 1. The van der Waals surface area contributed by atoms with Crippen LogP contribution >= 0.6 is 23.2 Å². The van der Waals surface area contributed by atoms with E-state index >= 15 is 0 Å². The predicted octanol–water partition coefficient (Wildman–Crippen LogP) is 5.02. The van der Waals surface area contributed by atoms with Crippen LogP contribution in [0, 0.1) is 5.82 Å². The molecule has 0 aliphatic heterocycles. The number of H-pyrrole nitrogens is 1. The third kappa shape index (κ3) is 4.37. The van der Waals surface area contributed by atoms with Crippen molar-refractivity contribution in [3.8, 4) is 11.3 Å². The Morgan fingerprint density at radius 3 is 2.80 bits per heavy atom. The molecular weight excluding hydrogens is 428 g/mol. The molecule has 2 aromatic carbocycles. The van der Waals surface area contributed by atoms with Crippen LogP contribution in [-0.2, 0) is 11.3 Å². The van der Waals surface area contributed by atoms with E-state index in [-0.39, 0.29) is 16.8 Å². The molecule has 0 atom stereocenters. The van der Waals surface area contributed by atoms with Crippen LogP contribution in [0.4, 0.5) is 15.9 Å². The number of hydrogen-bond donors (Lipinski definition) is 3. The SMILES string of the molecule is O=C(CCl)NCc1cccc(-c2cc3c(Nc4ccc(F)c(Cl)c4)ncnc3[nH]2)c1. The molecule has 9 heteroatoms. The Kier molecular flexibility index (Phi) is 5.83. The molecule has 0 bridgehead atoms. The zero-order chi connectivity index (χ0) is 21.1. The molecule has 0 unspecified atom stereocenters. The van der Waals surface area contributed by atoms with Gasteiger partial charge >= 0.3 is 0 Å². The number of hydrogen-bond acceptors (Lipinski definition) is 4. The van der Waals surface area contributed by atoms with Crippen molar-refractivity contribution in [2.45, 2.75) is 6.54 Å². The zero-order valence-corrected chi connectivity index (χ0v) is 17.1. The first-order valence-corrected chi connectivity index (χ1v) is 9.92. The Morgan fingerprint density at radius 1 is 1.13 bits per heavy atom. The molecule has 6 nitrogen and oxygen atoms in total. The number of nitrogens with one attached hydrogen (secondary N) is 3. The molecule has 4 aromatic rings. The van der Waals surface area contributed by atoms with Gasteiger partial charge in [0.05, 0.1) is 10.4 Å². The fourth-order valence-corrected chi connectivity index (χ4v) is 3.28. The van der Waals surface area contributed by atoms with Gasteiger partial charge in [0.15, 0.2) is 0 Å². The maximum atomic E-state index is 13.4. The molecule has 2 aromatic heterocycles. The van der Waals surface area contributed by atoms with E-state index in [1.807, 2.05) is 30.3 Å². The standard InChI is InChI=1S/C21H16Cl2FN5O/c22-9-19(30)25-10-12-2-1-3-13(6-12)18-8-15-20(26-11-27-21(15)29-18)28-14-4-5-17(24)16(23)7-14/h1-8,11H,9-10H2,(H,25,30)(H2,26,27,28,29). The smallest absolute Gasteiger partial charge is 0.235 e. The van der Waals surface area contributed by atoms with Gasteiger partial charge in [0.1, 0.15) is 29.5 Å². The normalized spacial score (nSPS) is 10.9. The summed E-state index contributed by atoms with van der Waals surface area (Å²) in [6.45, 7) is 0.386. The highest BCUT2D eigenvalue weighted by Crippen LogP contribution is 2.29. The molecule has 0 saturated heterocycles. The van der Waals surface area contributed by atoms with Crippen molar-refractivity contribution in [2.75, 3.05) is 11.2 Å². The minimum atomic E-state index is -0.485. The van der Waals surface area contributed by atoms with Crippen molar-refractivity contribution in [2.24, 2.45) is 0 Å². The van der Waals surface area contributed by atoms with Gasteiger partial charge in [-0.3, -0.25) is 4.79 Å². The van der Waals surface area contributed by atoms with Gasteiger partial charge < -0.3 is 15.6 Å². The molecule has 4 rings (SSSR count). The Labute approximate surface area is 181 Å². The van der Waals surface area contributed by atoms with E-state index in [2.05, 4.69) is 25.6 Å². The van der Waals surface area contributed by atoms with Gasteiger partial charge in [-0.1, -0.05) is 29.8 Å². The summed E-state index contributed by atoms with van der Waals surface area (Å²) < 4.78 is 13.4. The van der Waals surface area contributed by atoms with Crippen LogP contribution in [0.5, 0.6) is 0 Å². The first-order chi connectivity index (χ1) is 14.5. The Morgan fingerprint density at radius 2 is 2.00 bits per heavy atom. The monoisotopic (exact) mass is 443 g/mol. The van der Waals surface area contributed by atoms with E-state index in [0.29, 0.717) is 23.7 Å². The number of halogens is 3. The molecule has 0 aliphatic rings. The van der Waals surface area contributed by atoms with E-state index in [0.717, 1.165) is 22.2 Å². The Bertz CT molecular complexity index is 1230. The first-order valence-electron chi connectivity index (χ1n) is 9.01. The lowest BCUT2D eigenvalue weighted by Crippen LogP contribution is -2.23. The van der Waals surface area contributed by atoms with Crippen LogP contribution in [0.15, 0.2) is 54.9 Å². The summed E-state index contributed by atoms with van der Waals surface area (Å²) in [5, 5.41) is 6.69. The van der Waals surface area contributed by atoms with E-state index in [1.54, 1.807) is 6.07 Å². The summed E-state index contributed by atoms with van der Waals surface area (Å²) in [5.74, 6) is -0.216. The second-order valence-electron chi connectivity index (χ2n) is 6.53. The van der Waals surface area contributed by atoms with Crippen molar-refractivity contribution < 1.29 is 9.18 Å². The largest absolute Gasteiger partial charge is 0.351 e. The minimum Gasteiger partial charge on any atom is -0.351 e. The van der Waals surface area contributed by atoms with Crippen LogP contribution in [0.1, 0.15) is 5.56 Å². The summed E-state index contributed by atoms with van der Waals surface area (Å²) in [7, 11) is 0. The summed E-state index contributed by atoms with van der Waals surface area (Å²) in [5.41, 5.74) is 3.98. The van der Waals surface area contributed by atoms with Gasteiger partial charge in [-0.05, 0) is 41.5 Å². The third-order valence-corrected chi connectivity index (χ3v) is 4.99. The maximum Gasteiger partial charge on any atom is 0.235 e. The number of nitrogens with zero attached hydrogens (tertiary/aromatic N) is 2. The number of fused-ring (bicyclic) bond motifs is 1. The average Bonchev–Trinajstić information content (AvgIpc) is 3.20. The van der Waals surface area contributed by atoms with E-state index in [4.69, 9.17) is 23.2 Å². The highest BCUT2D eigenvalue weighted by atomic mass is 35.5. The number of carbonyl (C=O) groups excluding carboxylic acids is 1. The highest BCUT2D eigenvalue weighted by molar-refractivity contribution is 6.31. The van der Waals surface area contributed by atoms with Crippen molar-refractivity contribution >= 4 is 51.6 Å². The fourth-order valence-electron chi connectivity index (χ4n) is 3.00. The summed E-state index contributed by atoms with van der Waals surface area (Å²) in [6, 6.07) is 14.1. The molecule has 0 fully saturated rings. The lowest BCUT2D eigenvalue weighted by molar-refractivity contribution is -0.118. The number of benzene rings is 2. The van der Waals surface area contributed by atoms with Crippen LogP contribution < -0.4 is 10.6 Å². The van der Waals surface area contributed by atoms with Gasteiger partial charge in [-0.2, -0.15) is 0 Å². The summed E-state index contributed by atoms with van der Waals surface area (Å²) in [4.78, 5) is 23.2. The van der Waals surface area contributed by atoms with Gasteiger partial charge in [-0.25, -0.2) is 14.4 Å². The van der Waals surface area contributed by atoms with Crippen LogP contribution in [-0.4, -0.2) is 26.7 Å². The molecule has 0 radical (unpaired) electrons. The van der Waals surface area contributed by atoms with E-state index < -0.39 is 5.82 Å². The molecule has 0 spiro atoms. The second kappa shape index (κ2) is 8.69. The van der Waals surface area contributed by atoms with Gasteiger partial charge in [-0.15, -0.1) is 11.6 Å². The van der Waals surface area contributed by atoms with E-state index in [1.165, 1.54) is 18.5 Å². The van der Waals surface area contributed by atoms with Crippen molar-refractivity contribution in [1.29, 1.82) is 0 Å². The number of aromatic nitrogens is 3. The minimum absolute atomic E-state index is 0.0260. The highest BCUT2D eigenvalue weighted by Gasteiger charge is 2.11. The van der Waals surface area contributed by atoms with Crippen LogP contribution in [0.25, 0.3) is 22.3 Å². The lowest BCUT2D eigenvalue weighted by atomic mass is 10.1. The Hall–Kier alpha value is -3.16. The average molecular weight is 444 g/mol. The topological polar surface area (TPSA) is 82.7 Å². The molecule has 1 amide bonds. The number of amides is 1. The molecule has 30 heavy (non-hydrogen) atoms. The van der Waals surface area contributed by atoms with Crippen molar-refractivity contribution in [1.82, 2.24) is 20.3 Å². The second-order valence-corrected chi connectivity index (χ2v) is 7.21. The van der Waals surface area contributed by atoms with Crippen molar-refractivity contribution in [3.63, 3.8) is 0 Å². The molecule has 0 saturated carbocycles. The molecular formula is C21H16Cl2FN5O. The van der Waals surface area contributed by atoms with Gasteiger partial charge in [0.2, 0.25) is 5.91 Å². The molecule has 2 heterocycles. The fraction of sp³-hybridized carbons (Fsp3) is 0.0952. The summed E-state index contributed by atoms with van der Waals surface area (Å²) in [6.07, 6.45) is 1.44. The number of anilines is 2. The molecule has 3 N–H and O–H groups in total. The number of aromatic amines is 1. The molecule has 0 aliphatic carbocycles. The van der Waals surface area contributed by atoms with Gasteiger partial charge in [0, 0.05) is 17.9 Å². The zero-order valence-electron chi connectivity index (χ0n) is 15.5. The first kappa shape index (κ1) is 20.1. The van der Waals surface area contributed by atoms with Crippen molar-refractivity contribution in [3.05, 3.63) is 71.3 Å². The lowest BCUT2D eigenvalue weighted by Gasteiger charge is -2.07. The van der Waals surface area contributed by atoms with Crippen LogP contribution in [0.3, 0.4) is 0 Å². The Balaban J connectivity index is 1.63. The molecule has 152 valence electrons. The van der Waals surface area contributed by atoms with Crippen LogP contribution in [0.2, 0.25) is 5.02 Å². The third-order valence-electron chi connectivity index (χ3n) is 4.46. The summed E-state index contributed by atoms with van der Waals surface area (Å²) >= 11 is 11.4. The number of rotatable bonds is 6. The maximum absolute atomic E-state index is 13.4. The number of alkyl halides is 1.